The minimum Gasteiger partial charge on any atom is -0.393 e. The van der Waals surface area contributed by atoms with Gasteiger partial charge in [0.2, 0.25) is 0 Å². The third-order valence-corrected chi connectivity index (χ3v) is 5.00. The Labute approximate surface area is 121 Å². The number of hydrogen-bond acceptors (Lipinski definition) is 4. The second-order valence-corrected chi connectivity index (χ2v) is 6.72. The molecule has 1 saturated heterocycles. The zero-order valence-corrected chi connectivity index (χ0v) is 13.1. The van der Waals surface area contributed by atoms with Gasteiger partial charge in [-0.1, -0.05) is 11.6 Å². The second-order valence-electron chi connectivity index (χ2n) is 6.72. The number of aliphatic hydroxyl groups excluding tert-OH is 1. The van der Waals surface area contributed by atoms with E-state index in [-0.39, 0.29) is 24.7 Å². The van der Waals surface area contributed by atoms with E-state index in [4.69, 9.17) is 9.47 Å². The van der Waals surface area contributed by atoms with Crippen LogP contribution in [0.4, 0.5) is 0 Å². The first-order valence-electron chi connectivity index (χ1n) is 7.54. The number of aliphatic hydroxyl groups is 2. The van der Waals surface area contributed by atoms with Crippen LogP contribution in [0.2, 0.25) is 0 Å². The van der Waals surface area contributed by atoms with Gasteiger partial charge in [0.05, 0.1) is 30.0 Å². The van der Waals surface area contributed by atoms with Gasteiger partial charge in [0.25, 0.3) is 0 Å². The van der Waals surface area contributed by atoms with Gasteiger partial charge >= 0.3 is 0 Å². The lowest BCUT2D eigenvalue weighted by molar-refractivity contribution is -0.140. The van der Waals surface area contributed by atoms with Gasteiger partial charge in [0.15, 0.2) is 0 Å². The first-order valence-corrected chi connectivity index (χ1v) is 7.54. The number of ether oxygens (including phenoxy) is 2. The summed E-state index contributed by atoms with van der Waals surface area (Å²) in [6.07, 6.45) is 5.08. The SMILES string of the molecule is COC1CCCC2(CO)OC(CC=C(C)C)C(C)(O)C12. The van der Waals surface area contributed by atoms with E-state index in [9.17, 15) is 10.2 Å². The maximum Gasteiger partial charge on any atom is 0.0998 e. The number of methoxy groups -OCH3 is 1. The monoisotopic (exact) mass is 284 g/mol. The summed E-state index contributed by atoms with van der Waals surface area (Å²) >= 11 is 0. The second kappa shape index (κ2) is 5.76. The van der Waals surface area contributed by atoms with Gasteiger partial charge in [-0.3, -0.25) is 0 Å². The van der Waals surface area contributed by atoms with Crippen molar-refractivity contribution in [3.05, 3.63) is 11.6 Å². The Morgan fingerprint density at radius 2 is 2.15 bits per heavy atom. The van der Waals surface area contributed by atoms with Crippen LogP contribution >= 0.6 is 0 Å². The molecule has 0 aromatic carbocycles. The van der Waals surface area contributed by atoms with Gasteiger partial charge in [-0.15, -0.1) is 0 Å². The van der Waals surface area contributed by atoms with Crippen LogP contribution in [0.3, 0.4) is 0 Å². The van der Waals surface area contributed by atoms with Crippen LogP contribution in [0.1, 0.15) is 46.5 Å². The van der Waals surface area contributed by atoms with Crippen LogP contribution < -0.4 is 0 Å². The largest absolute Gasteiger partial charge is 0.393 e. The summed E-state index contributed by atoms with van der Waals surface area (Å²) in [5.74, 6) is -0.172. The Morgan fingerprint density at radius 1 is 1.45 bits per heavy atom. The molecule has 116 valence electrons. The molecule has 0 bridgehead atoms. The van der Waals surface area contributed by atoms with Gasteiger partial charge in [0, 0.05) is 13.0 Å². The first kappa shape index (κ1) is 16.0. The molecule has 2 N–H and O–H groups in total. The topological polar surface area (TPSA) is 58.9 Å². The van der Waals surface area contributed by atoms with Crippen LogP contribution in [-0.4, -0.2) is 47.3 Å². The predicted octanol–water partition coefficient (Wildman–Crippen LogP) is 2.04. The molecule has 2 aliphatic rings. The van der Waals surface area contributed by atoms with Crippen LogP contribution in [-0.2, 0) is 9.47 Å². The minimum atomic E-state index is -0.976. The number of hydrogen-bond donors (Lipinski definition) is 2. The fourth-order valence-corrected chi connectivity index (χ4v) is 4.01. The van der Waals surface area contributed by atoms with E-state index in [1.807, 2.05) is 20.8 Å². The van der Waals surface area contributed by atoms with E-state index >= 15 is 0 Å². The molecular formula is C16H28O4. The van der Waals surface area contributed by atoms with Crippen molar-refractivity contribution < 1.29 is 19.7 Å². The van der Waals surface area contributed by atoms with E-state index in [0.717, 1.165) is 19.3 Å². The molecule has 0 spiro atoms. The Balaban J connectivity index is 2.30. The van der Waals surface area contributed by atoms with Crippen molar-refractivity contribution in [3.63, 3.8) is 0 Å². The van der Waals surface area contributed by atoms with E-state index in [0.29, 0.717) is 6.42 Å². The van der Waals surface area contributed by atoms with E-state index in [1.165, 1.54) is 5.57 Å². The molecule has 2 fully saturated rings. The lowest BCUT2D eigenvalue weighted by Gasteiger charge is -2.44. The lowest BCUT2D eigenvalue weighted by Crippen LogP contribution is -2.55. The van der Waals surface area contributed by atoms with Crippen molar-refractivity contribution in [3.8, 4) is 0 Å². The maximum absolute atomic E-state index is 11.0. The molecule has 20 heavy (non-hydrogen) atoms. The fourth-order valence-electron chi connectivity index (χ4n) is 4.01. The van der Waals surface area contributed by atoms with Gasteiger partial charge in [0.1, 0.15) is 0 Å². The highest BCUT2D eigenvalue weighted by Crippen LogP contribution is 2.52. The summed E-state index contributed by atoms with van der Waals surface area (Å²) in [7, 11) is 1.68. The number of fused-ring (bicyclic) bond motifs is 1. The van der Waals surface area contributed by atoms with E-state index in [1.54, 1.807) is 7.11 Å². The van der Waals surface area contributed by atoms with Gasteiger partial charge in [-0.25, -0.2) is 0 Å². The smallest absolute Gasteiger partial charge is 0.0998 e. The normalized spacial score (nSPS) is 44.2. The highest BCUT2D eigenvalue weighted by atomic mass is 16.6. The number of rotatable bonds is 4. The molecule has 4 heteroatoms. The fraction of sp³-hybridized carbons (Fsp3) is 0.875. The molecule has 1 aliphatic heterocycles. The summed E-state index contributed by atoms with van der Waals surface area (Å²) < 4.78 is 11.8. The Morgan fingerprint density at radius 3 is 2.70 bits per heavy atom. The summed E-state index contributed by atoms with van der Waals surface area (Å²) in [5.41, 5.74) is -0.418. The lowest BCUT2D eigenvalue weighted by atomic mass is 9.67. The summed E-state index contributed by atoms with van der Waals surface area (Å²) in [5, 5.41) is 20.9. The zero-order chi connectivity index (χ0) is 15.0. The van der Waals surface area contributed by atoms with Crippen LogP contribution in [0.25, 0.3) is 0 Å². The third kappa shape index (κ3) is 2.54. The molecule has 0 amide bonds. The van der Waals surface area contributed by atoms with Crippen LogP contribution in [0, 0.1) is 5.92 Å². The Kier molecular flexibility index (Phi) is 4.59. The van der Waals surface area contributed by atoms with E-state index < -0.39 is 11.2 Å². The molecule has 2 rings (SSSR count). The average molecular weight is 284 g/mol. The highest BCUT2D eigenvalue weighted by Gasteiger charge is 2.63. The molecular weight excluding hydrogens is 256 g/mol. The van der Waals surface area contributed by atoms with Crippen molar-refractivity contribution in [1.82, 2.24) is 0 Å². The molecule has 1 heterocycles. The zero-order valence-electron chi connectivity index (χ0n) is 13.1. The van der Waals surface area contributed by atoms with Crippen molar-refractivity contribution in [2.24, 2.45) is 5.92 Å². The molecule has 1 saturated carbocycles. The minimum absolute atomic E-state index is 0.0531. The molecule has 1 aliphatic carbocycles. The Hall–Kier alpha value is -0.420. The molecule has 5 atom stereocenters. The maximum atomic E-state index is 11.0. The predicted molar refractivity (Wildman–Crippen MR) is 77.5 cm³/mol. The van der Waals surface area contributed by atoms with E-state index in [2.05, 4.69) is 6.08 Å². The Bertz CT molecular complexity index is 373. The standard InChI is InChI=1S/C16H28O4/c1-11(2)7-8-13-15(3,18)14-12(19-4)6-5-9-16(14,10-17)20-13/h7,12-14,17-18H,5-6,8-10H2,1-4H3. The van der Waals surface area contributed by atoms with Crippen LogP contribution in [0.5, 0.6) is 0 Å². The molecule has 4 nitrogen and oxygen atoms in total. The van der Waals surface area contributed by atoms with Crippen LogP contribution in [0.15, 0.2) is 11.6 Å². The van der Waals surface area contributed by atoms with Crippen molar-refractivity contribution in [2.75, 3.05) is 13.7 Å². The summed E-state index contributed by atoms with van der Waals surface area (Å²) in [4.78, 5) is 0. The number of allylic oxidation sites excluding steroid dienone is 1. The highest BCUT2D eigenvalue weighted by molar-refractivity contribution is 5.14. The first-order chi connectivity index (χ1) is 9.37. The average Bonchev–Trinajstić information content (AvgIpc) is 2.65. The molecule has 0 aromatic rings. The summed E-state index contributed by atoms with van der Waals surface area (Å²) in [6.45, 7) is 5.85. The summed E-state index contributed by atoms with van der Waals surface area (Å²) in [6, 6.07) is 0. The van der Waals surface area contributed by atoms with Crippen molar-refractivity contribution >= 4 is 0 Å². The third-order valence-electron chi connectivity index (χ3n) is 5.00. The quantitative estimate of drug-likeness (QED) is 0.776. The molecule has 0 radical (unpaired) electrons. The molecule has 5 unspecified atom stereocenters. The van der Waals surface area contributed by atoms with Gasteiger partial charge in [-0.2, -0.15) is 0 Å². The van der Waals surface area contributed by atoms with Gasteiger partial charge in [-0.05, 0) is 46.5 Å². The molecule has 0 aromatic heterocycles. The van der Waals surface area contributed by atoms with Crippen molar-refractivity contribution in [2.45, 2.75) is 69.9 Å². The van der Waals surface area contributed by atoms with Crippen molar-refractivity contribution in [1.29, 1.82) is 0 Å². The van der Waals surface area contributed by atoms with Gasteiger partial charge < -0.3 is 19.7 Å².